The van der Waals surface area contributed by atoms with Crippen LogP contribution in [-0.2, 0) is 6.54 Å². The van der Waals surface area contributed by atoms with Crippen molar-refractivity contribution in [1.29, 1.82) is 0 Å². The Hall–Kier alpha value is -2.54. The summed E-state index contributed by atoms with van der Waals surface area (Å²) < 4.78 is 1.77. The molecule has 3 aromatic rings. The summed E-state index contributed by atoms with van der Waals surface area (Å²) in [7, 11) is 0. The van der Waals surface area contributed by atoms with E-state index in [1.807, 2.05) is 43.5 Å². The highest BCUT2D eigenvalue weighted by Gasteiger charge is 2.16. The molecule has 0 radical (unpaired) electrons. The topological polar surface area (TPSA) is 72.7 Å². The van der Waals surface area contributed by atoms with Gasteiger partial charge in [0.1, 0.15) is 17.2 Å². The number of carbonyl (C=O) groups excluding carboxylic acids is 1. The van der Waals surface area contributed by atoms with E-state index in [0.717, 1.165) is 22.9 Å². The zero-order valence-electron chi connectivity index (χ0n) is 12.9. The molecule has 1 aromatic carbocycles. The van der Waals surface area contributed by atoms with Gasteiger partial charge in [-0.2, -0.15) is 5.10 Å². The van der Waals surface area contributed by atoms with Crippen molar-refractivity contribution in [3.05, 3.63) is 53.6 Å². The van der Waals surface area contributed by atoms with Crippen molar-refractivity contribution in [3.8, 4) is 10.6 Å². The van der Waals surface area contributed by atoms with Crippen LogP contribution in [0, 0.1) is 0 Å². The van der Waals surface area contributed by atoms with E-state index in [1.165, 1.54) is 6.33 Å². The van der Waals surface area contributed by atoms with E-state index in [2.05, 4.69) is 20.4 Å². The van der Waals surface area contributed by atoms with E-state index in [0.29, 0.717) is 5.56 Å². The zero-order chi connectivity index (χ0) is 16.2. The summed E-state index contributed by atoms with van der Waals surface area (Å²) in [5, 5.41) is 9.95. The van der Waals surface area contributed by atoms with Gasteiger partial charge in [-0.3, -0.25) is 4.79 Å². The molecule has 0 aliphatic rings. The Morgan fingerprint density at radius 3 is 2.74 bits per heavy atom. The third kappa shape index (κ3) is 3.29. The number of amides is 1. The Labute approximate surface area is 138 Å². The quantitative estimate of drug-likeness (QED) is 0.782. The monoisotopic (exact) mass is 327 g/mol. The maximum atomic E-state index is 12.4. The molecule has 1 amide bonds. The van der Waals surface area contributed by atoms with Crippen LogP contribution < -0.4 is 5.32 Å². The first-order chi connectivity index (χ1) is 11.2. The lowest BCUT2D eigenvalue weighted by atomic mass is 10.1. The number of hydrogen-bond donors (Lipinski definition) is 1. The van der Waals surface area contributed by atoms with Crippen LogP contribution in [-0.4, -0.2) is 25.7 Å². The van der Waals surface area contributed by atoms with Gasteiger partial charge in [0.05, 0.1) is 6.04 Å². The van der Waals surface area contributed by atoms with Gasteiger partial charge in [-0.1, -0.05) is 12.1 Å². The Morgan fingerprint density at radius 2 is 2.09 bits per heavy atom. The number of carbonyl (C=O) groups is 1. The maximum absolute atomic E-state index is 12.4. The minimum atomic E-state index is -0.205. The van der Waals surface area contributed by atoms with Gasteiger partial charge in [-0.05, 0) is 26.0 Å². The zero-order valence-corrected chi connectivity index (χ0v) is 13.7. The largest absolute Gasteiger partial charge is 0.342 e. The fraction of sp³-hybridized carbons (Fsp3) is 0.250. The third-order valence-corrected chi connectivity index (χ3v) is 4.33. The highest BCUT2D eigenvalue weighted by Crippen LogP contribution is 2.22. The Bertz CT molecular complexity index is 779. The highest BCUT2D eigenvalue weighted by molar-refractivity contribution is 7.13. The van der Waals surface area contributed by atoms with Crippen molar-refractivity contribution in [2.75, 3.05) is 0 Å². The van der Waals surface area contributed by atoms with E-state index in [4.69, 9.17) is 0 Å². The fourth-order valence-electron chi connectivity index (χ4n) is 2.33. The normalized spacial score (nSPS) is 12.1. The third-order valence-electron chi connectivity index (χ3n) is 3.51. The molecular weight excluding hydrogens is 310 g/mol. The van der Waals surface area contributed by atoms with Crippen molar-refractivity contribution < 1.29 is 4.79 Å². The van der Waals surface area contributed by atoms with Gasteiger partial charge >= 0.3 is 0 Å². The number of rotatable bonds is 5. The van der Waals surface area contributed by atoms with Gasteiger partial charge in [0.2, 0.25) is 0 Å². The first-order valence-corrected chi connectivity index (χ1v) is 8.25. The van der Waals surface area contributed by atoms with Gasteiger partial charge in [0.15, 0.2) is 0 Å². The average molecular weight is 327 g/mol. The number of aromatic nitrogens is 4. The fourth-order valence-corrected chi connectivity index (χ4v) is 2.97. The molecule has 2 aromatic heterocycles. The van der Waals surface area contributed by atoms with Crippen molar-refractivity contribution >= 4 is 17.2 Å². The summed E-state index contributed by atoms with van der Waals surface area (Å²) in [6.45, 7) is 4.61. The van der Waals surface area contributed by atoms with Gasteiger partial charge in [0.25, 0.3) is 5.91 Å². The molecule has 3 rings (SSSR count). The number of aryl methyl sites for hydroxylation is 1. The van der Waals surface area contributed by atoms with Crippen LogP contribution in [0.25, 0.3) is 10.6 Å². The summed E-state index contributed by atoms with van der Waals surface area (Å²) in [5.41, 5.74) is 1.62. The van der Waals surface area contributed by atoms with Crippen molar-refractivity contribution in [2.24, 2.45) is 0 Å². The molecule has 23 heavy (non-hydrogen) atoms. The number of thiazole rings is 1. The second-order valence-corrected chi connectivity index (χ2v) is 5.94. The molecular formula is C16H17N5OS. The molecule has 0 aliphatic heterocycles. The van der Waals surface area contributed by atoms with Gasteiger partial charge in [0, 0.05) is 29.2 Å². The van der Waals surface area contributed by atoms with E-state index in [9.17, 15) is 4.79 Å². The number of nitrogens with zero attached hydrogens (tertiary/aromatic N) is 4. The summed E-state index contributed by atoms with van der Waals surface area (Å²) in [6.07, 6.45) is 3.27. The Kier molecular flexibility index (Phi) is 4.47. The lowest BCUT2D eigenvalue weighted by molar-refractivity contribution is 0.0937. The first-order valence-electron chi connectivity index (χ1n) is 7.37. The first kappa shape index (κ1) is 15.4. The van der Waals surface area contributed by atoms with Crippen LogP contribution in [0.4, 0.5) is 0 Å². The second kappa shape index (κ2) is 6.70. The molecule has 0 spiro atoms. The van der Waals surface area contributed by atoms with E-state index in [1.54, 1.807) is 22.2 Å². The Morgan fingerprint density at radius 1 is 1.30 bits per heavy atom. The molecule has 7 heteroatoms. The van der Waals surface area contributed by atoms with Gasteiger partial charge in [-0.25, -0.2) is 14.6 Å². The predicted octanol–water partition coefficient (Wildman–Crippen LogP) is 2.91. The summed E-state index contributed by atoms with van der Waals surface area (Å²) in [4.78, 5) is 20.8. The molecule has 0 fully saturated rings. The molecule has 1 N–H and O–H groups in total. The minimum absolute atomic E-state index is 0.131. The maximum Gasteiger partial charge on any atom is 0.251 e. The summed E-state index contributed by atoms with van der Waals surface area (Å²) in [5.74, 6) is 0.620. The number of hydrogen-bond acceptors (Lipinski definition) is 5. The summed E-state index contributed by atoms with van der Waals surface area (Å²) in [6, 6.07) is 7.23. The lowest BCUT2D eigenvalue weighted by Gasteiger charge is -2.14. The van der Waals surface area contributed by atoms with Crippen molar-refractivity contribution in [1.82, 2.24) is 25.1 Å². The standard InChI is InChI=1S/C16H17N5OS/c1-3-21-14(18-10-19-21)11(2)20-15(22)12-4-6-13(7-5-12)16-17-8-9-23-16/h4-11H,3H2,1-2H3,(H,20,22)/t11-/m0/s1. The van der Waals surface area contributed by atoms with Gasteiger partial charge in [-0.15, -0.1) is 11.3 Å². The van der Waals surface area contributed by atoms with Crippen LogP contribution in [0.3, 0.4) is 0 Å². The van der Waals surface area contributed by atoms with Crippen LogP contribution in [0.5, 0.6) is 0 Å². The van der Waals surface area contributed by atoms with Gasteiger partial charge < -0.3 is 5.32 Å². The van der Waals surface area contributed by atoms with Crippen LogP contribution in [0.15, 0.2) is 42.2 Å². The van der Waals surface area contributed by atoms with Crippen LogP contribution in [0.1, 0.15) is 36.1 Å². The van der Waals surface area contributed by atoms with E-state index >= 15 is 0 Å². The molecule has 0 saturated carbocycles. The number of nitrogens with one attached hydrogen (secondary N) is 1. The van der Waals surface area contributed by atoms with Crippen molar-refractivity contribution in [3.63, 3.8) is 0 Å². The SMILES string of the molecule is CCn1ncnc1[C@H](C)NC(=O)c1ccc(-c2nccs2)cc1. The molecule has 0 aliphatic carbocycles. The molecule has 6 nitrogen and oxygen atoms in total. The molecule has 1 atom stereocenters. The molecule has 2 heterocycles. The minimum Gasteiger partial charge on any atom is -0.342 e. The van der Waals surface area contributed by atoms with Crippen LogP contribution in [0.2, 0.25) is 0 Å². The predicted molar refractivity (Wildman–Crippen MR) is 89.1 cm³/mol. The molecule has 0 saturated heterocycles. The highest BCUT2D eigenvalue weighted by atomic mass is 32.1. The lowest BCUT2D eigenvalue weighted by Crippen LogP contribution is -2.28. The van der Waals surface area contributed by atoms with E-state index in [-0.39, 0.29) is 11.9 Å². The summed E-state index contributed by atoms with van der Waals surface area (Å²) >= 11 is 1.57. The van der Waals surface area contributed by atoms with Crippen molar-refractivity contribution in [2.45, 2.75) is 26.4 Å². The molecule has 0 bridgehead atoms. The smallest absolute Gasteiger partial charge is 0.251 e. The molecule has 118 valence electrons. The molecule has 0 unspecified atom stereocenters. The second-order valence-electron chi connectivity index (χ2n) is 5.04. The van der Waals surface area contributed by atoms with Crippen LogP contribution >= 0.6 is 11.3 Å². The number of benzene rings is 1. The van der Waals surface area contributed by atoms with E-state index < -0.39 is 0 Å². The Balaban J connectivity index is 1.71. The average Bonchev–Trinajstić information content (AvgIpc) is 3.26.